The van der Waals surface area contributed by atoms with E-state index < -0.39 is 0 Å². The number of aromatic nitrogens is 1. The molecule has 0 bridgehead atoms. The summed E-state index contributed by atoms with van der Waals surface area (Å²) in [4.78, 5) is 5.87. The van der Waals surface area contributed by atoms with Gasteiger partial charge in [0.25, 0.3) is 0 Å². The molecule has 1 aliphatic rings. The second-order valence-corrected chi connectivity index (χ2v) is 5.17. The van der Waals surface area contributed by atoms with Crippen LogP contribution in [0.2, 0.25) is 0 Å². The van der Waals surface area contributed by atoms with Crippen molar-refractivity contribution in [3.05, 3.63) is 36.0 Å². The molecule has 90 valence electrons. The molecule has 2 heterocycles. The fourth-order valence-corrected chi connectivity index (χ4v) is 3.00. The third-order valence-corrected chi connectivity index (χ3v) is 4.09. The highest BCUT2D eigenvalue weighted by Gasteiger charge is 2.20. The topological polar surface area (TPSA) is 19.0 Å². The van der Waals surface area contributed by atoms with E-state index in [2.05, 4.69) is 47.4 Å². The third-order valence-electron chi connectivity index (χ3n) is 4.09. The Morgan fingerprint density at radius 1 is 1.35 bits per heavy atom. The van der Waals surface area contributed by atoms with Gasteiger partial charge in [-0.2, -0.15) is 0 Å². The van der Waals surface area contributed by atoms with Gasteiger partial charge in [-0.1, -0.05) is 18.2 Å². The smallest absolute Gasteiger partial charge is 0.0456 e. The van der Waals surface area contributed by atoms with Crippen LogP contribution in [0.1, 0.15) is 24.8 Å². The average molecular weight is 228 g/mol. The van der Waals surface area contributed by atoms with Crippen LogP contribution in [0.15, 0.2) is 30.5 Å². The van der Waals surface area contributed by atoms with Crippen molar-refractivity contribution in [2.24, 2.45) is 0 Å². The molecule has 1 saturated heterocycles. The average Bonchev–Trinajstić information content (AvgIpc) is 2.93. The van der Waals surface area contributed by atoms with Gasteiger partial charge < -0.3 is 9.88 Å². The largest absolute Gasteiger partial charge is 0.361 e. The minimum absolute atomic E-state index is 0.795. The number of rotatable bonds is 3. The molecule has 1 aromatic heterocycles. The number of hydrogen-bond donors (Lipinski definition) is 1. The summed E-state index contributed by atoms with van der Waals surface area (Å²) in [6, 6.07) is 9.39. The van der Waals surface area contributed by atoms with Crippen LogP contribution in [-0.2, 0) is 6.42 Å². The molecule has 0 spiro atoms. The van der Waals surface area contributed by atoms with Gasteiger partial charge in [0.05, 0.1) is 0 Å². The maximum atomic E-state index is 3.36. The van der Waals surface area contributed by atoms with E-state index in [-0.39, 0.29) is 0 Å². The number of aromatic amines is 1. The first-order chi connectivity index (χ1) is 8.34. The molecule has 0 radical (unpaired) electrons. The van der Waals surface area contributed by atoms with Gasteiger partial charge in [0.2, 0.25) is 0 Å². The maximum absolute atomic E-state index is 3.36. The lowest BCUT2D eigenvalue weighted by Crippen LogP contribution is -2.25. The Balaban J connectivity index is 1.72. The van der Waals surface area contributed by atoms with E-state index in [1.54, 1.807) is 0 Å². The summed E-state index contributed by atoms with van der Waals surface area (Å²) in [5.74, 6) is 0. The Morgan fingerprint density at radius 2 is 2.24 bits per heavy atom. The van der Waals surface area contributed by atoms with Crippen LogP contribution in [0.4, 0.5) is 0 Å². The van der Waals surface area contributed by atoms with Crippen LogP contribution in [0, 0.1) is 0 Å². The van der Waals surface area contributed by atoms with Crippen molar-refractivity contribution < 1.29 is 0 Å². The van der Waals surface area contributed by atoms with Crippen molar-refractivity contribution in [1.29, 1.82) is 0 Å². The van der Waals surface area contributed by atoms with Gasteiger partial charge in [-0.3, -0.25) is 0 Å². The summed E-state index contributed by atoms with van der Waals surface area (Å²) in [6.45, 7) is 1.28. The van der Waals surface area contributed by atoms with Crippen molar-refractivity contribution in [2.75, 3.05) is 13.6 Å². The normalized spacial score (nSPS) is 21.4. The minimum atomic E-state index is 0.795. The zero-order chi connectivity index (χ0) is 11.7. The van der Waals surface area contributed by atoms with Crippen LogP contribution in [0.5, 0.6) is 0 Å². The molecule has 0 amide bonds. The number of hydrogen-bond acceptors (Lipinski definition) is 1. The Kier molecular flexibility index (Phi) is 2.89. The molecule has 1 N–H and O–H groups in total. The second kappa shape index (κ2) is 4.53. The molecule has 2 heteroatoms. The van der Waals surface area contributed by atoms with Crippen molar-refractivity contribution in [1.82, 2.24) is 9.88 Å². The van der Waals surface area contributed by atoms with Crippen molar-refractivity contribution in [2.45, 2.75) is 31.7 Å². The molecular weight excluding hydrogens is 208 g/mol. The van der Waals surface area contributed by atoms with Crippen molar-refractivity contribution >= 4 is 10.9 Å². The highest BCUT2D eigenvalue weighted by Crippen LogP contribution is 2.23. The third kappa shape index (κ3) is 2.09. The van der Waals surface area contributed by atoms with E-state index >= 15 is 0 Å². The summed E-state index contributed by atoms with van der Waals surface area (Å²) in [7, 11) is 2.26. The molecule has 3 rings (SSSR count). The predicted molar refractivity (Wildman–Crippen MR) is 72.3 cm³/mol. The highest BCUT2D eigenvalue weighted by atomic mass is 15.1. The van der Waals surface area contributed by atoms with Crippen LogP contribution in [-0.4, -0.2) is 29.5 Å². The van der Waals surface area contributed by atoms with Crippen LogP contribution < -0.4 is 0 Å². The van der Waals surface area contributed by atoms with Gasteiger partial charge in [-0.25, -0.2) is 0 Å². The Bertz CT molecular complexity index is 500. The van der Waals surface area contributed by atoms with E-state index in [0.717, 1.165) is 6.04 Å². The number of para-hydroxylation sites is 1. The molecule has 1 aromatic carbocycles. The Labute approximate surface area is 103 Å². The molecule has 1 atom stereocenters. The molecule has 1 fully saturated rings. The standard InChI is InChI=1S/C15H20N2/c1-17-10-4-5-13(17)9-8-12-11-16-15-7-3-2-6-14(12)15/h2-3,6-7,11,13,16H,4-5,8-10H2,1H3/t13-/m0/s1. The van der Waals surface area contributed by atoms with E-state index in [4.69, 9.17) is 0 Å². The van der Waals surface area contributed by atoms with Gasteiger partial charge >= 0.3 is 0 Å². The van der Waals surface area contributed by atoms with Crippen LogP contribution >= 0.6 is 0 Å². The molecule has 0 saturated carbocycles. The first kappa shape index (κ1) is 10.8. The number of fused-ring (bicyclic) bond motifs is 1. The number of aryl methyl sites for hydroxylation is 1. The summed E-state index contributed by atoms with van der Waals surface area (Å²) < 4.78 is 0. The minimum Gasteiger partial charge on any atom is -0.361 e. The Morgan fingerprint density at radius 3 is 3.06 bits per heavy atom. The predicted octanol–water partition coefficient (Wildman–Crippen LogP) is 3.19. The van der Waals surface area contributed by atoms with Gasteiger partial charge in [-0.05, 0) is 50.9 Å². The van der Waals surface area contributed by atoms with Crippen LogP contribution in [0.3, 0.4) is 0 Å². The molecular formula is C15H20N2. The SMILES string of the molecule is CN1CCC[C@H]1CCc1c[nH]c2ccccc12. The van der Waals surface area contributed by atoms with E-state index in [1.165, 1.54) is 48.7 Å². The molecule has 0 unspecified atom stereocenters. The lowest BCUT2D eigenvalue weighted by Gasteiger charge is -2.18. The van der Waals surface area contributed by atoms with Gasteiger partial charge in [0, 0.05) is 23.1 Å². The molecule has 2 nitrogen and oxygen atoms in total. The van der Waals surface area contributed by atoms with Crippen molar-refractivity contribution in [3.8, 4) is 0 Å². The fourth-order valence-electron chi connectivity index (χ4n) is 3.00. The van der Waals surface area contributed by atoms with E-state index in [0.29, 0.717) is 0 Å². The van der Waals surface area contributed by atoms with Gasteiger partial charge in [-0.15, -0.1) is 0 Å². The fraction of sp³-hybridized carbons (Fsp3) is 0.467. The first-order valence-electron chi connectivity index (χ1n) is 6.60. The van der Waals surface area contributed by atoms with E-state index in [1.807, 2.05) is 0 Å². The highest BCUT2D eigenvalue weighted by molar-refractivity contribution is 5.82. The lowest BCUT2D eigenvalue weighted by atomic mass is 10.0. The monoisotopic (exact) mass is 228 g/mol. The molecule has 1 aliphatic heterocycles. The van der Waals surface area contributed by atoms with E-state index in [9.17, 15) is 0 Å². The quantitative estimate of drug-likeness (QED) is 0.854. The van der Waals surface area contributed by atoms with Gasteiger partial charge in [0.15, 0.2) is 0 Å². The lowest BCUT2D eigenvalue weighted by molar-refractivity contribution is 0.297. The van der Waals surface area contributed by atoms with Crippen LogP contribution in [0.25, 0.3) is 10.9 Å². The summed E-state index contributed by atoms with van der Waals surface area (Å²) >= 11 is 0. The Hall–Kier alpha value is -1.28. The second-order valence-electron chi connectivity index (χ2n) is 5.17. The maximum Gasteiger partial charge on any atom is 0.0456 e. The molecule has 17 heavy (non-hydrogen) atoms. The summed E-state index contributed by atoms with van der Waals surface area (Å²) in [6.07, 6.45) is 7.41. The zero-order valence-corrected chi connectivity index (χ0v) is 10.4. The number of benzene rings is 1. The van der Waals surface area contributed by atoms with Gasteiger partial charge in [0.1, 0.15) is 0 Å². The number of nitrogens with one attached hydrogen (secondary N) is 1. The summed E-state index contributed by atoms with van der Waals surface area (Å²) in [5.41, 5.74) is 2.74. The zero-order valence-electron chi connectivity index (χ0n) is 10.4. The number of nitrogens with zero attached hydrogens (tertiary/aromatic N) is 1. The summed E-state index contributed by atoms with van der Waals surface area (Å²) in [5, 5.41) is 1.40. The number of H-pyrrole nitrogens is 1. The van der Waals surface area contributed by atoms with Crippen molar-refractivity contribution in [3.63, 3.8) is 0 Å². The molecule has 2 aromatic rings. The first-order valence-corrected chi connectivity index (χ1v) is 6.60. The number of likely N-dealkylation sites (tertiary alicyclic amines) is 1. The molecule has 0 aliphatic carbocycles.